The Morgan fingerprint density at radius 3 is 2.20 bits per heavy atom. The van der Waals surface area contributed by atoms with Gasteiger partial charge in [-0.2, -0.15) is 13.2 Å². The predicted molar refractivity (Wildman–Crippen MR) is 51.0 cm³/mol. The van der Waals surface area contributed by atoms with E-state index in [-0.39, 0.29) is 11.5 Å². The summed E-state index contributed by atoms with van der Waals surface area (Å²) in [5, 5.41) is 9.02. The number of ether oxygens (including phenoxy) is 1. The molecule has 1 N–H and O–H groups in total. The summed E-state index contributed by atoms with van der Waals surface area (Å²) in [5.74, 6) is -0.466. The molecule has 15 heavy (non-hydrogen) atoms. The normalized spacial score (nSPS) is 10.2. The fourth-order valence-electron chi connectivity index (χ4n) is 0.739. The van der Waals surface area contributed by atoms with E-state index < -0.39 is 12.8 Å². The molecule has 0 saturated heterocycles. The van der Waals surface area contributed by atoms with Crippen molar-refractivity contribution in [1.29, 1.82) is 0 Å². The lowest BCUT2D eigenvalue weighted by molar-refractivity contribution is -0.153. The molecule has 1 rings (SSSR count). The van der Waals surface area contributed by atoms with E-state index in [1.54, 1.807) is 0 Å². The molecule has 0 aliphatic rings. The van der Waals surface area contributed by atoms with Crippen LogP contribution in [0.5, 0.6) is 11.5 Å². The molecule has 1 aromatic rings. The van der Waals surface area contributed by atoms with E-state index >= 15 is 0 Å². The molecule has 0 fully saturated rings. The molecule has 0 atom stereocenters. The average Bonchev–Trinajstić information content (AvgIpc) is 2.18. The molecule has 0 amide bonds. The average molecular weight is 222 g/mol. The van der Waals surface area contributed by atoms with Crippen LogP contribution >= 0.6 is 0 Å². The van der Waals surface area contributed by atoms with E-state index in [2.05, 4.69) is 4.74 Å². The van der Waals surface area contributed by atoms with Gasteiger partial charge in [-0.15, -0.1) is 0 Å². The van der Waals surface area contributed by atoms with Gasteiger partial charge in [-0.05, 0) is 12.1 Å². The van der Waals surface area contributed by atoms with Gasteiger partial charge >= 0.3 is 6.18 Å². The van der Waals surface area contributed by atoms with Gasteiger partial charge in [0, 0.05) is 0 Å². The van der Waals surface area contributed by atoms with E-state index in [9.17, 15) is 13.2 Å². The molecule has 5 heteroatoms. The number of rotatable bonds is 2. The maximum atomic E-state index is 11.7. The fourth-order valence-corrected chi connectivity index (χ4v) is 0.739. The number of halogens is 3. The highest BCUT2D eigenvalue weighted by Crippen LogP contribution is 2.26. The third-order valence-corrected chi connectivity index (χ3v) is 1.26. The van der Waals surface area contributed by atoms with Gasteiger partial charge in [-0.3, -0.25) is 0 Å². The highest BCUT2D eigenvalue weighted by Gasteiger charge is 2.28. The Labute approximate surface area is 86.3 Å². The first-order valence-corrected chi connectivity index (χ1v) is 4.46. The van der Waals surface area contributed by atoms with Crippen molar-refractivity contribution < 1.29 is 23.0 Å². The van der Waals surface area contributed by atoms with Gasteiger partial charge in [0.05, 0.1) is 0 Å². The molecular weight excluding hydrogens is 209 g/mol. The zero-order valence-corrected chi connectivity index (χ0v) is 8.51. The molecule has 0 aliphatic heterocycles. The van der Waals surface area contributed by atoms with E-state index in [1.807, 2.05) is 13.8 Å². The molecule has 2 nitrogen and oxygen atoms in total. The Kier molecular flexibility index (Phi) is 5.59. The second-order valence-electron chi connectivity index (χ2n) is 2.37. The maximum Gasteiger partial charge on any atom is 0.422 e. The summed E-state index contributed by atoms with van der Waals surface area (Å²) in [6.07, 6.45) is -4.39. The number of alkyl halides is 3. The van der Waals surface area contributed by atoms with Crippen molar-refractivity contribution in [1.82, 2.24) is 0 Å². The topological polar surface area (TPSA) is 29.5 Å². The van der Waals surface area contributed by atoms with Gasteiger partial charge in [0.15, 0.2) is 18.1 Å². The van der Waals surface area contributed by atoms with Crippen molar-refractivity contribution in [2.75, 3.05) is 6.61 Å². The number of phenolic OH excluding ortho intramolecular Hbond substituents is 1. The van der Waals surface area contributed by atoms with Crippen LogP contribution < -0.4 is 4.74 Å². The Morgan fingerprint density at radius 1 is 1.20 bits per heavy atom. The van der Waals surface area contributed by atoms with Gasteiger partial charge in [0.25, 0.3) is 0 Å². The van der Waals surface area contributed by atoms with Crippen molar-refractivity contribution in [2.45, 2.75) is 20.0 Å². The fraction of sp³-hybridized carbons (Fsp3) is 0.400. The highest BCUT2D eigenvalue weighted by atomic mass is 19.4. The van der Waals surface area contributed by atoms with E-state index in [4.69, 9.17) is 5.11 Å². The second-order valence-corrected chi connectivity index (χ2v) is 2.37. The molecule has 1 aromatic carbocycles. The minimum absolute atomic E-state index is 0.167. The Morgan fingerprint density at radius 2 is 1.73 bits per heavy atom. The van der Waals surface area contributed by atoms with Crippen LogP contribution in [0.1, 0.15) is 13.8 Å². The molecule has 86 valence electrons. The summed E-state index contributed by atoms with van der Waals surface area (Å²) >= 11 is 0. The highest BCUT2D eigenvalue weighted by molar-refractivity contribution is 5.37. The predicted octanol–water partition coefficient (Wildman–Crippen LogP) is 3.36. The van der Waals surface area contributed by atoms with Gasteiger partial charge in [-0.25, -0.2) is 0 Å². The zero-order valence-electron chi connectivity index (χ0n) is 8.51. The largest absolute Gasteiger partial charge is 0.504 e. The molecule has 0 aliphatic carbocycles. The van der Waals surface area contributed by atoms with Crippen molar-refractivity contribution in [2.24, 2.45) is 0 Å². The maximum absolute atomic E-state index is 11.7. The third-order valence-electron chi connectivity index (χ3n) is 1.26. The lowest BCUT2D eigenvalue weighted by Crippen LogP contribution is -2.19. The first kappa shape index (κ1) is 13.6. The SMILES string of the molecule is CC.Oc1ccccc1OCC(F)(F)F. The number of hydrogen-bond donors (Lipinski definition) is 1. The van der Waals surface area contributed by atoms with E-state index in [1.165, 1.54) is 24.3 Å². The summed E-state index contributed by atoms with van der Waals surface area (Å²) < 4.78 is 39.3. The molecule has 0 heterocycles. The summed E-state index contributed by atoms with van der Waals surface area (Å²) in [4.78, 5) is 0. The number of hydrogen-bond acceptors (Lipinski definition) is 2. The Hall–Kier alpha value is -1.39. The van der Waals surface area contributed by atoms with Crippen LogP contribution in [-0.4, -0.2) is 17.9 Å². The van der Waals surface area contributed by atoms with Crippen LogP contribution in [0, 0.1) is 0 Å². The van der Waals surface area contributed by atoms with Crippen molar-refractivity contribution in [3.63, 3.8) is 0 Å². The Bertz CT molecular complexity index is 284. The van der Waals surface area contributed by atoms with Crippen molar-refractivity contribution in [3.05, 3.63) is 24.3 Å². The molecule has 0 radical (unpaired) electrons. The van der Waals surface area contributed by atoms with Gasteiger partial charge in [0.2, 0.25) is 0 Å². The summed E-state index contributed by atoms with van der Waals surface area (Å²) in [5.41, 5.74) is 0. The van der Waals surface area contributed by atoms with Crippen LogP contribution in [0.25, 0.3) is 0 Å². The molecule has 0 unspecified atom stereocenters. The molecular formula is C10H13F3O2. The quantitative estimate of drug-likeness (QED) is 0.831. The zero-order chi connectivity index (χ0) is 11.9. The number of benzene rings is 1. The molecule has 0 saturated carbocycles. The van der Waals surface area contributed by atoms with Crippen molar-refractivity contribution in [3.8, 4) is 11.5 Å². The third kappa shape index (κ3) is 5.83. The summed E-state index contributed by atoms with van der Waals surface area (Å²) in [6, 6.07) is 5.49. The first-order chi connectivity index (χ1) is 6.99. The van der Waals surface area contributed by atoms with Crippen LogP contribution in [0.2, 0.25) is 0 Å². The van der Waals surface area contributed by atoms with Crippen LogP contribution in [0.15, 0.2) is 24.3 Å². The summed E-state index contributed by atoms with van der Waals surface area (Å²) in [7, 11) is 0. The van der Waals surface area contributed by atoms with Crippen molar-refractivity contribution >= 4 is 0 Å². The number of phenols is 1. The van der Waals surface area contributed by atoms with Crippen LogP contribution in [-0.2, 0) is 0 Å². The van der Waals surface area contributed by atoms with Gasteiger partial charge in [0.1, 0.15) is 0 Å². The van der Waals surface area contributed by atoms with Crippen LogP contribution in [0.3, 0.4) is 0 Å². The molecule has 0 aromatic heterocycles. The lowest BCUT2D eigenvalue weighted by Gasteiger charge is -2.09. The monoisotopic (exact) mass is 222 g/mol. The van der Waals surface area contributed by atoms with E-state index in [0.29, 0.717) is 0 Å². The number of para-hydroxylation sites is 2. The minimum Gasteiger partial charge on any atom is -0.504 e. The van der Waals surface area contributed by atoms with E-state index in [0.717, 1.165) is 0 Å². The smallest absolute Gasteiger partial charge is 0.422 e. The van der Waals surface area contributed by atoms with Crippen LogP contribution in [0.4, 0.5) is 13.2 Å². The molecule has 0 spiro atoms. The van der Waals surface area contributed by atoms with Gasteiger partial charge < -0.3 is 9.84 Å². The summed E-state index contributed by atoms with van der Waals surface area (Å²) in [6.45, 7) is 2.60. The standard InChI is InChI=1S/C8H7F3O2.C2H6/c9-8(10,11)5-13-7-4-2-1-3-6(7)12;1-2/h1-4,12H,5H2;1-2H3. The first-order valence-electron chi connectivity index (χ1n) is 4.46. The number of aromatic hydroxyl groups is 1. The second kappa shape index (κ2) is 6.16. The Balaban J connectivity index is 0.000000921. The van der Waals surface area contributed by atoms with Gasteiger partial charge in [-0.1, -0.05) is 26.0 Å². The molecule has 0 bridgehead atoms. The minimum atomic E-state index is -4.39. The lowest BCUT2D eigenvalue weighted by atomic mass is 10.3.